The lowest BCUT2D eigenvalue weighted by Crippen LogP contribution is -2.06. The number of nitrogens with zero attached hydrogens (tertiary/aromatic N) is 2. The minimum absolute atomic E-state index is 0.0892. The second kappa shape index (κ2) is 8.79. The first kappa shape index (κ1) is 19.7. The van der Waals surface area contributed by atoms with Gasteiger partial charge in [0.25, 0.3) is 0 Å². The van der Waals surface area contributed by atoms with Crippen LogP contribution < -0.4 is 10.6 Å². The van der Waals surface area contributed by atoms with Crippen molar-refractivity contribution < 1.29 is 23.5 Å². The molecule has 0 amide bonds. The fourth-order valence-electron chi connectivity index (χ4n) is 2.46. The summed E-state index contributed by atoms with van der Waals surface area (Å²) in [4.78, 5) is 31.3. The Hall–Kier alpha value is -4.01. The lowest BCUT2D eigenvalue weighted by atomic mass is 10.2. The van der Waals surface area contributed by atoms with Crippen molar-refractivity contribution in [1.82, 2.24) is 9.97 Å². The van der Waals surface area contributed by atoms with Crippen LogP contribution in [0.4, 0.5) is 27.5 Å². The molecule has 0 saturated heterocycles. The van der Waals surface area contributed by atoms with Gasteiger partial charge in [-0.15, -0.1) is 0 Å². The van der Waals surface area contributed by atoms with Gasteiger partial charge in [-0.2, -0.15) is 4.98 Å². The van der Waals surface area contributed by atoms with E-state index in [2.05, 4.69) is 30.1 Å². The summed E-state index contributed by atoms with van der Waals surface area (Å²) in [6.45, 7) is 0. The predicted octanol–water partition coefficient (Wildman–Crippen LogP) is 3.68. The molecule has 0 spiro atoms. The van der Waals surface area contributed by atoms with Crippen LogP contribution in [0.1, 0.15) is 20.7 Å². The minimum Gasteiger partial charge on any atom is -0.465 e. The maximum Gasteiger partial charge on any atom is 0.337 e. The van der Waals surface area contributed by atoms with Gasteiger partial charge in [0, 0.05) is 11.4 Å². The molecule has 1 heterocycles. The summed E-state index contributed by atoms with van der Waals surface area (Å²) in [5, 5.41) is 5.71. The van der Waals surface area contributed by atoms with Gasteiger partial charge in [0.15, 0.2) is 11.6 Å². The summed E-state index contributed by atoms with van der Waals surface area (Å²) >= 11 is 0. The first-order valence-corrected chi connectivity index (χ1v) is 8.43. The van der Waals surface area contributed by atoms with Gasteiger partial charge in [0.05, 0.1) is 31.5 Å². The lowest BCUT2D eigenvalue weighted by molar-refractivity contribution is 0.0592. The Bertz CT molecular complexity index is 1060. The van der Waals surface area contributed by atoms with Crippen LogP contribution in [-0.2, 0) is 9.47 Å². The highest BCUT2D eigenvalue weighted by Crippen LogP contribution is 2.22. The van der Waals surface area contributed by atoms with Gasteiger partial charge in [0.2, 0.25) is 5.95 Å². The van der Waals surface area contributed by atoms with E-state index < -0.39 is 17.8 Å². The number of hydrogen-bond donors (Lipinski definition) is 2. The van der Waals surface area contributed by atoms with Crippen LogP contribution in [0, 0.1) is 5.82 Å². The van der Waals surface area contributed by atoms with Crippen molar-refractivity contribution >= 4 is 35.1 Å². The Labute approximate surface area is 165 Å². The van der Waals surface area contributed by atoms with Crippen molar-refractivity contribution in [1.29, 1.82) is 0 Å². The molecule has 3 rings (SSSR count). The van der Waals surface area contributed by atoms with E-state index in [-0.39, 0.29) is 11.8 Å². The number of nitrogens with one attached hydrogen (secondary N) is 2. The fraction of sp³-hybridized carbons (Fsp3) is 0.100. The van der Waals surface area contributed by atoms with Crippen molar-refractivity contribution in [2.24, 2.45) is 0 Å². The van der Waals surface area contributed by atoms with Crippen LogP contribution in [0.15, 0.2) is 54.7 Å². The molecular weight excluding hydrogens is 379 g/mol. The van der Waals surface area contributed by atoms with Crippen molar-refractivity contribution in [3.8, 4) is 0 Å². The lowest BCUT2D eigenvalue weighted by Gasteiger charge is -2.10. The average molecular weight is 396 g/mol. The second-order valence-corrected chi connectivity index (χ2v) is 5.78. The minimum atomic E-state index is -0.678. The second-order valence-electron chi connectivity index (χ2n) is 5.78. The summed E-state index contributed by atoms with van der Waals surface area (Å²) in [6, 6.07) is 12.9. The smallest absolute Gasteiger partial charge is 0.337 e. The van der Waals surface area contributed by atoms with Crippen LogP contribution in [-0.4, -0.2) is 36.1 Å². The first-order chi connectivity index (χ1) is 14.0. The number of ether oxygens (including phenoxy) is 2. The van der Waals surface area contributed by atoms with Gasteiger partial charge in [-0.1, -0.05) is 12.1 Å². The van der Waals surface area contributed by atoms with Gasteiger partial charge >= 0.3 is 11.9 Å². The normalized spacial score (nSPS) is 10.2. The molecule has 0 saturated carbocycles. The van der Waals surface area contributed by atoms with Gasteiger partial charge in [-0.25, -0.2) is 19.0 Å². The van der Waals surface area contributed by atoms with Gasteiger partial charge in [0.1, 0.15) is 0 Å². The summed E-state index contributed by atoms with van der Waals surface area (Å²) < 4.78 is 23.5. The number of rotatable bonds is 6. The molecule has 0 atom stereocenters. The molecule has 0 fully saturated rings. The van der Waals surface area contributed by atoms with Crippen molar-refractivity contribution in [2.75, 3.05) is 24.9 Å². The van der Waals surface area contributed by atoms with E-state index in [9.17, 15) is 14.0 Å². The number of esters is 2. The zero-order chi connectivity index (χ0) is 20.8. The highest BCUT2D eigenvalue weighted by molar-refractivity contribution is 5.91. The quantitative estimate of drug-likeness (QED) is 0.609. The summed E-state index contributed by atoms with van der Waals surface area (Å²) in [5.74, 6) is -1.65. The van der Waals surface area contributed by atoms with E-state index in [4.69, 9.17) is 0 Å². The van der Waals surface area contributed by atoms with E-state index in [0.717, 1.165) is 6.20 Å². The Kier molecular flexibility index (Phi) is 5.98. The summed E-state index contributed by atoms with van der Waals surface area (Å²) in [7, 11) is 2.57. The van der Waals surface area contributed by atoms with Crippen LogP contribution in [0.2, 0.25) is 0 Å². The van der Waals surface area contributed by atoms with E-state index in [0.29, 0.717) is 22.5 Å². The molecule has 0 bridgehead atoms. The van der Waals surface area contributed by atoms with E-state index in [1.807, 2.05) is 0 Å². The van der Waals surface area contributed by atoms with Crippen molar-refractivity contribution in [3.63, 3.8) is 0 Å². The molecule has 0 aliphatic rings. The molecule has 0 aliphatic carbocycles. The largest absolute Gasteiger partial charge is 0.465 e. The standard InChI is InChI=1S/C20H17FN4O4/c1-28-18(26)12-5-3-7-14(9-12)23-17-16(21)11-22-20(25-17)24-15-8-4-6-13(10-15)19(27)29-2/h3-11H,1-2H3,(H2,22,23,24,25). The number of benzene rings is 2. The average Bonchev–Trinajstić information content (AvgIpc) is 2.75. The molecule has 0 radical (unpaired) electrons. The zero-order valence-electron chi connectivity index (χ0n) is 15.6. The maximum absolute atomic E-state index is 14.2. The Morgan fingerprint density at radius 3 is 2.00 bits per heavy atom. The molecular formula is C20H17FN4O4. The summed E-state index contributed by atoms with van der Waals surface area (Å²) in [5.41, 5.74) is 1.63. The Morgan fingerprint density at radius 2 is 1.45 bits per heavy atom. The van der Waals surface area contributed by atoms with Crippen LogP contribution >= 0.6 is 0 Å². The molecule has 2 aromatic carbocycles. The van der Waals surface area contributed by atoms with Crippen molar-refractivity contribution in [3.05, 3.63) is 71.7 Å². The highest BCUT2D eigenvalue weighted by atomic mass is 19.1. The van der Waals surface area contributed by atoms with Crippen LogP contribution in [0.25, 0.3) is 0 Å². The Balaban J connectivity index is 1.82. The third-order valence-corrected chi connectivity index (χ3v) is 3.83. The molecule has 2 N–H and O–H groups in total. The van der Waals surface area contributed by atoms with Gasteiger partial charge in [-0.05, 0) is 36.4 Å². The van der Waals surface area contributed by atoms with Gasteiger partial charge < -0.3 is 20.1 Å². The number of aromatic nitrogens is 2. The molecule has 29 heavy (non-hydrogen) atoms. The van der Waals surface area contributed by atoms with E-state index in [1.54, 1.807) is 42.5 Å². The third-order valence-electron chi connectivity index (χ3n) is 3.83. The molecule has 8 nitrogen and oxygen atoms in total. The van der Waals surface area contributed by atoms with E-state index >= 15 is 0 Å². The van der Waals surface area contributed by atoms with Crippen LogP contribution in [0.3, 0.4) is 0 Å². The monoisotopic (exact) mass is 396 g/mol. The molecule has 0 aliphatic heterocycles. The van der Waals surface area contributed by atoms with Crippen molar-refractivity contribution in [2.45, 2.75) is 0 Å². The zero-order valence-corrected chi connectivity index (χ0v) is 15.6. The molecule has 3 aromatic rings. The predicted molar refractivity (Wildman–Crippen MR) is 104 cm³/mol. The topological polar surface area (TPSA) is 102 Å². The van der Waals surface area contributed by atoms with E-state index in [1.165, 1.54) is 20.3 Å². The summed E-state index contributed by atoms with van der Waals surface area (Å²) in [6.07, 6.45) is 1.01. The number of hydrogen-bond acceptors (Lipinski definition) is 8. The molecule has 1 aromatic heterocycles. The Morgan fingerprint density at radius 1 is 0.897 bits per heavy atom. The first-order valence-electron chi connectivity index (χ1n) is 8.43. The molecule has 9 heteroatoms. The SMILES string of the molecule is COC(=O)c1cccc(Nc2ncc(F)c(Nc3cccc(C(=O)OC)c3)n2)c1. The van der Waals surface area contributed by atoms with Gasteiger partial charge in [-0.3, -0.25) is 0 Å². The third kappa shape index (κ3) is 4.83. The number of methoxy groups -OCH3 is 2. The highest BCUT2D eigenvalue weighted by Gasteiger charge is 2.11. The molecule has 148 valence electrons. The number of carbonyl (C=O) groups is 2. The number of carbonyl (C=O) groups excluding carboxylic acids is 2. The number of anilines is 4. The number of halogens is 1. The maximum atomic E-state index is 14.2. The van der Waals surface area contributed by atoms with Crippen LogP contribution in [0.5, 0.6) is 0 Å². The molecule has 0 unspecified atom stereocenters. The fourth-order valence-corrected chi connectivity index (χ4v) is 2.46.